The Morgan fingerprint density at radius 2 is 2.17 bits per heavy atom. The van der Waals surface area contributed by atoms with Gasteiger partial charge in [0.2, 0.25) is 11.7 Å². The number of nitrogens with zero attached hydrogens (tertiary/aromatic N) is 2. The predicted molar refractivity (Wildman–Crippen MR) is 69.4 cm³/mol. The molecule has 0 spiro atoms. The molecule has 0 aliphatic heterocycles. The van der Waals surface area contributed by atoms with Crippen LogP contribution in [0.15, 0.2) is 27.2 Å². The molecular formula is C12H13BrFN3O. The smallest absolute Gasteiger partial charge is 0.226 e. The van der Waals surface area contributed by atoms with Gasteiger partial charge in [0.15, 0.2) is 0 Å². The first kappa shape index (κ1) is 13.2. The van der Waals surface area contributed by atoms with E-state index in [-0.39, 0.29) is 5.82 Å². The summed E-state index contributed by atoms with van der Waals surface area (Å²) in [5.41, 5.74) is 6.13. The van der Waals surface area contributed by atoms with Crippen molar-refractivity contribution in [3.8, 4) is 11.4 Å². The molecule has 6 heteroatoms. The van der Waals surface area contributed by atoms with Gasteiger partial charge in [0.05, 0.1) is 4.47 Å². The molecule has 2 aromatic rings. The quantitative estimate of drug-likeness (QED) is 0.862. The molecule has 0 radical (unpaired) electrons. The van der Waals surface area contributed by atoms with Crippen molar-refractivity contribution in [1.82, 2.24) is 10.1 Å². The standard InChI is InChI=1S/C12H13BrFN3O/c13-9-7-8(4-5-10(9)14)12-16-11(18-17-12)3-1-2-6-15/h4-5,7H,1-3,6,15H2. The largest absolute Gasteiger partial charge is 0.339 e. The molecule has 96 valence electrons. The van der Waals surface area contributed by atoms with Crippen molar-refractivity contribution >= 4 is 15.9 Å². The fourth-order valence-corrected chi connectivity index (χ4v) is 1.91. The number of halogens is 2. The second-order valence-corrected chi connectivity index (χ2v) is 4.74. The first-order valence-corrected chi connectivity index (χ1v) is 6.48. The molecule has 2 rings (SSSR count). The minimum absolute atomic E-state index is 0.314. The van der Waals surface area contributed by atoms with Crippen LogP contribution in [0.2, 0.25) is 0 Å². The fraction of sp³-hybridized carbons (Fsp3) is 0.333. The molecule has 0 aliphatic rings. The van der Waals surface area contributed by atoms with E-state index in [1.54, 1.807) is 12.1 Å². The second-order valence-electron chi connectivity index (χ2n) is 3.89. The maximum absolute atomic E-state index is 13.1. The van der Waals surface area contributed by atoms with Gasteiger partial charge in [-0.05, 0) is 53.5 Å². The summed E-state index contributed by atoms with van der Waals surface area (Å²) in [6.07, 6.45) is 2.57. The topological polar surface area (TPSA) is 64.9 Å². The molecule has 4 nitrogen and oxygen atoms in total. The summed E-state index contributed by atoms with van der Waals surface area (Å²) in [6.45, 7) is 0.659. The highest BCUT2D eigenvalue weighted by Gasteiger charge is 2.10. The minimum Gasteiger partial charge on any atom is -0.339 e. The number of hydrogen-bond acceptors (Lipinski definition) is 4. The van der Waals surface area contributed by atoms with E-state index in [4.69, 9.17) is 10.3 Å². The van der Waals surface area contributed by atoms with Gasteiger partial charge in [-0.15, -0.1) is 0 Å². The number of hydrogen-bond donors (Lipinski definition) is 1. The van der Waals surface area contributed by atoms with Crippen LogP contribution < -0.4 is 5.73 Å². The zero-order valence-corrected chi connectivity index (χ0v) is 11.3. The molecule has 2 N–H and O–H groups in total. The first-order chi connectivity index (χ1) is 8.70. The number of nitrogens with two attached hydrogens (primary N) is 1. The Kier molecular flexibility index (Phi) is 4.43. The molecule has 0 saturated carbocycles. The van der Waals surface area contributed by atoms with Crippen LogP contribution in [0, 0.1) is 5.82 Å². The SMILES string of the molecule is NCCCCc1nc(-c2ccc(F)c(Br)c2)no1. The molecule has 0 atom stereocenters. The van der Waals surface area contributed by atoms with Crippen molar-refractivity contribution < 1.29 is 8.91 Å². The highest BCUT2D eigenvalue weighted by Crippen LogP contribution is 2.23. The van der Waals surface area contributed by atoms with Gasteiger partial charge in [-0.2, -0.15) is 4.98 Å². The normalized spacial score (nSPS) is 10.8. The number of aryl methyl sites for hydroxylation is 1. The summed E-state index contributed by atoms with van der Waals surface area (Å²) < 4.78 is 18.6. The van der Waals surface area contributed by atoms with E-state index in [0.29, 0.717) is 29.2 Å². The van der Waals surface area contributed by atoms with Gasteiger partial charge in [-0.1, -0.05) is 5.16 Å². The highest BCUT2D eigenvalue weighted by molar-refractivity contribution is 9.10. The molecule has 1 aromatic heterocycles. The van der Waals surface area contributed by atoms with Crippen LogP contribution in [-0.4, -0.2) is 16.7 Å². The Hall–Kier alpha value is -1.27. The van der Waals surface area contributed by atoms with Gasteiger partial charge < -0.3 is 10.3 Å². The Bertz CT molecular complexity index is 530. The molecule has 0 fully saturated rings. The summed E-state index contributed by atoms with van der Waals surface area (Å²) in [6, 6.07) is 4.61. The number of benzene rings is 1. The zero-order chi connectivity index (χ0) is 13.0. The van der Waals surface area contributed by atoms with Gasteiger partial charge in [0.1, 0.15) is 5.82 Å². The van der Waals surface area contributed by atoms with Crippen molar-refractivity contribution in [1.29, 1.82) is 0 Å². The average Bonchev–Trinajstić information content (AvgIpc) is 2.82. The van der Waals surface area contributed by atoms with Crippen LogP contribution in [0.5, 0.6) is 0 Å². The van der Waals surface area contributed by atoms with E-state index >= 15 is 0 Å². The molecule has 1 heterocycles. The summed E-state index contributed by atoms with van der Waals surface area (Å²) in [5.74, 6) is 0.739. The lowest BCUT2D eigenvalue weighted by Gasteiger charge is -1.96. The Morgan fingerprint density at radius 3 is 2.89 bits per heavy atom. The van der Waals surface area contributed by atoms with Crippen LogP contribution in [0.1, 0.15) is 18.7 Å². The van der Waals surface area contributed by atoms with Gasteiger partial charge in [-0.25, -0.2) is 4.39 Å². The third-order valence-electron chi connectivity index (χ3n) is 2.49. The zero-order valence-electron chi connectivity index (χ0n) is 9.70. The molecule has 0 saturated heterocycles. The highest BCUT2D eigenvalue weighted by atomic mass is 79.9. The minimum atomic E-state index is -0.314. The van der Waals surface area contributed by atoms with E-state index in [1.807, 2.05) is 0 Å². The van der Waals surface area contributed by atoms with Crippen molar-refractivity contribution in [3.05, 3.63) is 34.4 Å². The molecule has 1 aromatic carbocycles. The van der Waals surface area contributed by atoms with Crippen molar-refractivity contribution in [3.63, 3.8) is 0 Å². The van der Waals surface area contributed by atoms with Crippen molar-refractivity contribution in [2.45, 2.75) is 19.3 Å². The molecule has 18 heavy (non-hydrogen) atoms. The van der Waals surface area contributed by atoms with Crippen molar-refractivity contribution in [2.75, 3.05) is 6.54 Å². The third kappa shape index (κ3) is 3.14. The van der Waals surface area contributed by atoms with Crippen LogP contribution in [0.4, 0.5) is 4.39 Å². The fourth-order valence-electron chi connectivity index (χ4n) is 1.53. The second kappa shape index (κ2) is 6.06. The van der Waals surface area contributed by atoms with Gasteiger partial charge in [-0.3, -0.25) is 0 Å². The lowest BCUT2D eigenvalue weighted by Crippen LogP contribution is -1.99. The Morgan fingerprint density at radius 1 is 1.33 bits per heavy atom. The van der Waals surface area contributed by atoms with E-state index in [9.17, 15) is 4.39 Å². The number of rotatable bonds is 5. The van der Waals surface area contributed by atoms with E-state index in [0.717, 1.165) is 18.4 Å². The summed E-state index contributed by atoms with van der Waals surface area (Å²) >= 11 is 3.13. The van der Waals surface area contributed by atoms with E-state index in [1.165, 1.54) is 6.07 Å². The van der Waals surface area contributed by atoms with Gasteiger partial charge in [0, 0.05) is 12.0 Å². The van der Waals surface area contributed by atoms with E-state index < -0.39 is 0 Å². The van der Waals surface area contributed by atoms with Crippen molar-refractivity contribution in [2.24, 2.45) is 5.73 Å². The Balaban J connectivity index is 2.11. The molecule has 0 aliphatic carbocycles. The molecule has 0 amide bonds. The van der Waals surface area contributed by atoms with Crippen LogP contribution in [0.3, 0.4) is 0 Å². The lowest BCUT2D eigenvalue weighted by atomic mass is 10.2. The monoisotopic (exact) mass is 313 g/mol. The van der Waals surface area contributed by atoms with E-state index in [2.05, 4.69) is 26.1 Å². The van der Waals surface area contributed by atoms with Crippen LogP contribution in [-0.2, 0) is 6.42 Å². The predicted octanol–water partition coefficient (Wildman–Crippen LogP) is 2.92. The van der Waals surface area contributed by atoms with Gasteiger partial charge in [0.25, 0.3) is 0 Å². The maximum atomic E-state index is 13.1. The average molecular weight is 314 g/mol. The number of aromatic nitrogens is 2. The third-order valence-corrected chi connectivity index (χ3v) is 3.10. The summed E-state index contributed by atoms with van der Waals surface area (Å²) in [5, 5.41) is 3.88. The maximum Gasteiger partial charge on any atom is 0.226 e. The first-order valence-electron chi connectivity index (χ1n) is 5.69. The molecule has 0 unspecified atom stereocenters. The molecule has 0 bridgehead atoms. The lowest BCUT2D eigenvalue weighted by molar-refractivity contribution is 0.375. The van der Waals surface area contributed by atoms with Crippen LogP contribution in [0.25, 0.3) is 11.4 Å². The van der Waals surface area contributed by atoms with Crippen LogP contribution >= 0.6 is 15.9 Å². The number of unbranched alkanes of at least 4 members (excludes halogenated alkanes) is 1. The Labute approximate surface area is 113 Å². The van der Waals surface area contributed by atoms with Gasteiger partial charge >= 0.3 is 0 Å². The summed E-state index contributed by atoms with van der Waals surface area (Å²) in [4.78, 5) is 4.26. The molecular weight excluding hydrogens is 301 g/mol. The summed E-state index contributed by atoms with van der Waals surface area (Å²) in [7, 11) is 0.